The third kappa shape index (κ3) is 1.81. The fraction of sp³-hybridized carbons (Fsp3) is 0.381. The van der Waals surface area contributed by atoms with Crippen LogP contribution >= 0.6 is 0 Å². The molecule has 2 atom stereocenters. The van der Waals surface area contributed by atoms with E-state index in [1.807, 2.05) is 0 Å². The molecule has 0 N–H and O–H groups in total. The van der Waals surface area contributed by atoms with E-state index in [-0.39, 0.29) is 5.41 Å². The van der Waals surface area contributed by atoms with Crippen LogP contribution in [0.2, 0.25) is 0 Å². The Morgan fingerprint density at radius 2 is 1.64 bits per heavy atom. The van der Waals surface area contributed by atoms with E-state index in [4.69, 9.17) is 4.99 Å². The third-order valence-electron chi connectivity index (χ3n) is 5.54. The number of nitrogens with zero attached hydrogens (tertiary/aromatic N) is 1. The summed E-state index contributed by atoms with van der Waals surface area (Å²) < 4.78 is 0. The number of fused-ring (bicyclic) bond motifs is 2. The maximum Gasteiger partial charge on any atom is 0.0675 e. The topological polar surface area (TPSA) is 12.4 Å². The van der Waals surface area contributed by atoms with Crippen LogP contribution in [0, 0.1) is 11.3 Å². The molecule has 1 heteroatoms. The number of benzene rings is 2. The van der Waals surface area contributed by atoms with E-state index < -0.39 is 0 Å². The van der Waals surface area contributed by atoms with Crippen LogP contribution < -0.4 is 0 Å². The maximum atomic E-state index is 5.09. The summed E-state index contributed by atoms with van der Waals surface area (Å²) in [6.07, 6.45) is 2.44. The average molecular weight is 289 g/mol. The first kappa shape index (κ1) is 13.8. The lowest BCUT2D eigenvalue weighted by molar-refractivity contribution is 0.363. The molecular formula is C21H23N. The van der Waals surface area contributed by atoms with Crippen molar-refractivity contribution in [3.8, 4) is 0 Å². The molecule has 22 heavy (non-hydrogen) atoms. The van der Waals surface area contributed by atoms with Crippen molar-refractivity contribution in [2.24, 2.45) is 16.3 Å². The second-order valence-corrected chi connectivity index (χ2v) is 7.76. The smallest absolute Gasteiger partial charge is 0.0675 e. The van der Waals surface area contributed by atoms with Gasteiger partial charge in [-0.25, -0.2) is 0 Å². The summed E-state index contributed by atoms with van der Waals surface area (Å²) in [6, 6.07) is 19.5. The molecule has 112 valence electrons. The second-order valence-electron chi connectivity index (χ2n) is 7.76. The Kier molecular flexibility index (Phi) is 2.84. The fourth-order valence-electron chi connectivity index (χ4n) is 4.90. The Hall–Kier alpha value is -1.89. The van der Waals surface area contributed by atoms with Crippen LogP contribution in [0.15, 0.2) is 59.6 Å². The quantitative estimate of drug-likeness (QED) is 0.656. The van der Waals surface area contributed by atoms with Gasteiger partial charge in [0.2, 0.25) is 0 Å². The van der Waals surface area contributed by atoms with Crippen LogP contribution in [-0.4, -0.2) is 5.71 Å². The Bertz CT molecular complexity index is 742. The Morgan fingerprint density at radius 1 is 0.955 bits per heavy atom. The summed E-state index contributed by atoms with van der Waals surface area (Å²) in [5, 5.41) is 0. The minimum absolute atomic E-state index is 0.0848. The number of aliphatic imine (C=N–C) groups is 1. The molecule has 2 aliphatic rings. The summed E-state index contributed by atoms with van der Waals surface area (Å²) in [5.41, 5.74) is 5.63. The predicted molar refractivity (Wildman–Crippen MR) is 92.9 cm³/mol. The van der Waals surface area contributed by atoms with Gasteiger partial charge in [-0.2, -0.15) is 0 Å². The lowest BCUT2D eigenvalue weighted by atomic mass is 9.68. The molecule has 1 nitrogen and oxygen atoms in total. The van der Waals surface area contributed by atoms with Crippen LogP contribution in [0.1, 0.15) is 44.7 Å². The zero-order chi connectivity index (χ0) is 15.4. The molecule has 0 radical (unpaired) electrons. The van der Waals surface area contributed by atoms with Crippen LogP contribution in [-0.2, 0) is 5.41 Å². The van der Waals surface area contributed by atoms with Crippen molar-refractivity contribution in [3.05, 3.63) is 65.7 Å². The van der Waals surface area contributed by atoms with Gasteiger partial charge in [-0.15, -0.1) is 0 Å². The van der Waals surface area contributed by atoms with Crippen LogP contribution in [0.4, 0.5) is 5.69 Å². The molecule has 0 amide bonds. The van der Waals surface area contributed by atoms with Gasteiger partial charge in [-0.3, -0.25) is 4.99 Å². The highest BCUT2D eigenvalue weighted by Gasteiger charge is 2.55. The van der Waals surface area contributed by atoms with Crippen molar-refractivity contribution in [3.63, 3.8) is 0 Å². The van der Waals surface area contributed by atoms with Gasteiger partial charge in [0.1, 0.15) is 0 Å². The van der Waals surface area contributed by atoms with Gasteiger partial charge in [-0.05, 0) is 41.4 Å². The summed E-state index contributed by atoms with van der Waals surface area (Å²) in [5.74, 6) is 0.616. The second kappa shape index (κ2) is 4.55. The average Bonchev–Trinajstić information content (AvgIpc) is 2.95. The van der Waals surface area contributed by atoms with E-state index in [0.29, 0.717) is 11.3 Å². The zero-order valence-corrected chi connectivity index (χ0v) is 13.6. The van der Waals surface area contributed by atoms with Gasteiger partial charge >= 0.3 is 0 Å². The standard InChI is InChI=1S/C21H23N/c1-15-13-20(2,3)14-21(15)17-11-7-8-12-18(17)22-19(21)16-9-5-4-6-10-16/h4-12,15H,13-14H2,1-3H3/t15-,21-/m0/s1. The summed E-state index contributed by atoms with van der Waals surface area (Å²) in [6.45, 7) is 7.22. The fourth-order valence-corrected chi connectivity index (χ4v) is 4.90. The molecule has 1 saturated carbocycles. The number of para-hydroxylation sites is 1. The molecule has 2 aromatic carbocycles. The van der Waals surface area contributed by atoms with Crippen molar-refractivity contribution < 1.29 is 0 Å². The van der Waals surface area contributed by atoms with E-state index in [2.05, 4.69) is 75.4 Å². The van der Waals surface area contributed by atoms with Crippen molar-refractivity contribution in [2.75, 3.05) is 0 Å². The summed E-state index contributed by atoms with van der Waals surface area (Å²) in [7, 11) is 0. The highest BCUT2D eigenvalue weighted by atomic mass is 14.9. The molecule has 1 heterocycles. The van der Waals surface area contributed by atoms with E-state index in [1.165, 1.54) is 35.4 Å². The third-order valence-corrected chi connectivity index (χ3v) is 5.54. The molecule has 0 unspecified atom stereocenters. The number of hydrogen-bond acceptors (Lipinski definition) is 1. The first-order chi connectivity index (χ1) is 10.5. The van der Waals surface area contributed by atoms with E-state index in [1.54, 1.807) is 0 Å². The Labute approximate surface area is 133 Å². The first-order valence-corrected chi connectivity index (χ1v) is 8.27. The van der Waals surface area contributed by atoms with Gasteiger partial charge in [0.15, 0.2) is 0 Å². The summed E-state index contributed by atoms with van der Waals surface area (Å²) >= 11 is 0. The van der Waals surface area contributed by atoms with Crippen LogP contribution in [0.3, 0.4) is 0 Å². The minimum atomic E-state index is 0.0848. The molecule has 0 bridgehead atoms. The first-order valence-electron chi connectivity index (χ1n) is 8.27. The highest BCUT2D eigenvalue weighted by Crippen LogP contribution is 2.60. The molecule has 2 aromatic rings. The zero-order valence-electron chi connectivity index (χ0n) is 13.6. The SMILES string of the molecule is C[C@H]1CC(C)(C)C[C@]12C(c1ccccc1)=Nc1ccccc12. The van der Waals surface area contributed by atoms with Gasteiger partial charge in [0, 0.05) is 5.41 Å². The van der Waals surface area contributed by atoms with E-state index >= 15 is 0 Å². The molecule has 1 aliphatic carbocycles. The van der Waals surface area contributed by atoms with E-state index in [0.717, 1.165) is 0 Å². The molecule has 0 saturated heterocycles. The van der Waals surface area contributed by atoms with Crippen LogP contribution in [0.5, 0.6) is 0 Å². The normalized spacial score (nSPS) is 28.7. The maximum absolute atomic E-state index is 5.09. The lowest BCUT2D eigenvalue weighted by Crippen LogP contribution is -2.37. The Balaban J connectivity index is 1.95. The van der Waals surface area contributed by atoms with Crippen LogP contribution in [0.25, 0.3) is 0 Å². The number of hydrogen-bond donors (Lipinski definition) is 0. The predicted octanol–water partition coefficient (Wildman–Crippen LogP) is 5.51. The lowest BCUT2D eigenvalue weighted by Gasteiger charge is -2.33. The van der Waals surface area contributed by atoms with Gasteiger partial charge < -0.3 is 0 Å². The molecule has 1 aliphatic heterocycles. The molecule has 0 aromatic heterocycles. The highest BCUT2D eigenvalue weighted by molar-refractivity contribution is 6.13. The molecule has 4 rings (SSSR count). The largest absolute Gasteiger partial charge is 0.252 e. The number of rotatable bonds is 1. The minimum Gasteiger partial charge on any atom is -0.252 e. The molecule has 1 spiro atoms. The van der Waals surface area contributed by atoms with Gasteiger partial charge in [0.05, 0.1) is 11.4 Å². The van der Waals surface area contributed by atoms with Crippen molar-refractivity contribution >= 4 is 11.4 Å². The monoisotopic (exact) mass is 289 g/mol. The van der Waals surface area contributed by atoms with Gasteiger partial charge in [-0.1, -0.05) is 69.3 Å². The Morgan fingerprint density at radius 3 is 2.32 bits per heavy atom. The van der Waals surface area contributed by atoms with Crippen molar-refractivity contribution in [1.82, 2.24) is 0 Å². The summed E-state index contributed by atoms with van der Waals surface area (Å²) in [4.78, 5) is 5.09. The van der Waals surface area contributed by atoms with Gasteiger partial charge in [0.25, 0.3) is 0 Å². The molecular weight excluding hydrogens is 266 g/mol. The van der Waals surface area contributed by atoms with E-state index in [9.17, 15) is 0 Å². The van der Waals surface area contributed by atoms with Crippen molar-refractivity contribution in [2.45, 2.75) is 39.0 Å². The molecule has 1 fully saturated rings. The van der Waals surface area contributed by atoms with Crippen molar-refractivity contribution in [1.29, 1.82) is 0 Å².